The zero-order chi connectivity index (χ0) is 20.0. The van der Waals surface area contributed by atoms with Gasteiger partial charge in [0.2, 0.25) is 10.0 Å². The summed E-state index contributed by atoms with van der Waals surface area (Å²) in [7, 11) is -3.12. The number of hydrogen-bond acceptors (Lipinski definition) is 4. The summed E-state index contributed by atoms with van der Waals surface area (Å²) in [5.74, 6) is 1.11. The third-order valence-corrected chi connectivity index (χ3v) is 5.71. The lowest BCUT2D eigenvalue weighted by molar-refractivity contribution is 0.562. The van der Waals surface area contributed by atoms with Crippen molar-refractivity contribution in [2.75, 3.05) is 12.8 Å². The molecule has 0 aliphatic heterocycles. The molecule has 0 unspecified atom stereocenters. The molecular formula is C21H30N4O2S. The van der Waals surface area contributed by atoms with Gasteiger partial charge in [0.1, 0.15) is 11.3 Å². The van der Waals surface area contributed by atoms with Crippen molar-refractivity contribution in [3.63, 3.8) is 0 Å². The van der Waals surface area contributed by atoms with Gasteiger partial charge in [-0.05, 0) is 25.3 Å². The van der Waals surface area contributed by atoms with E-state index in [1.165, 1.54) is 25.5 Å². The van der Waals surface area contributed by atoms with Gasteiger partial charge in [0.05, 0.1) is 23.5 Å². The van der Waals surface area contributed by atoms with Gasteiger partial charge in [-0.15, -0.1) is 0 Å². The molecule has 1 N–H and O–H groups in total. The Morgan fingerprint density at radius 2 is 1.86 bits per heavy atom. The Morgan fingerprint density at radius 1 is 1.04 bits per heavy atom. The number of hydrogen-bond donors (Lipinski definition) is 1. The smallest absolute Gasteiger partial charge is 0.208 e. The van der Waals surface area contributed by atoms with Gasteiger partial charge in [0, 0.05) is 24.9 Å². The van der Waals surface area contributed by atoms with E-state index in [0.717, 1.165) is 60.0 Å². The van der Waals surface area contributed by atoms with Crippen molar-refractivity contribution in [1.29, 1.82) is 0 Å². The van der Waals surface area contributed by atoms with E-state index in [0.29, 0.717) is 6.54 Å². The number of pyridine rings is 1. The molecule has 3 aromatic rings. The number of para-hydroxylation sites is 1. The highest BCUT2D eigenvalue weighted by molar-refractivity contribution is 7.88. The molecule has 0 aliphatic rings. The maximum absolute atomic E-state index is 11.2. The molecule has 1 aromatic carbocycles. The molecule has 7 heteroatoms. The number of fused-ring (bicyclic) bond motifs is 3. The summed E-state index contributed by atoms with van der Waals surface area (Å²) >= 11 is 0. The molecule has 152 valence electrons. The first-order valence-corrected chi connectivity index (χ1v) is 12.1. The lowest BCUT2D eigenvalue weighted by Crippen LogP contribution is -2.23. The molecule has 3 rings (SSSR count). The van der Waals surface area contributed by atoms with Crippen LogP contribution in [0.1, 0.15) is 51.3 Å². The Labute approximate surface area is 167 Å². The second kappa shape index (κ2) is 9.47. The van der Waals surface area contributed by atoms with E-state index in [9.17, 15) is 8.42 Å². The molecule has 0 spiro atoms. The van der Waals surface area contributed by atoms with Gasteiger partial charge in [-0.25, -0.2) is 18.1 Å². The van der Waals surface area contributed by atoms with Crippen LogP contribution in [0.25, 0.3) is 21.9 Å². The number of imidazole rings is 1. The van der Waals surface area contributed by atoms with Crippen molar-refractivity contribution < 1.29 is 8.42 Å². The van der Waals surface area contributed by atoms with Gasteiger partial charge in [0.25, 0.3) is 0 Å². The highest BCUT2D eigenvalue weighted by atomic mass is 32.2. The van der Waals surface area contributed by atoms with Crippen molar-refractivity contribution >= 4 is 32.0 Å². The van der Waals surface area contributed by atoms with Crippen LogP contribution in [-0.2, 0) is 23.0 Å². The van der Waals surface area contributed by atoms with Crippen molar-refractivity contribution in [3.8, 4) is 0 Å². The first kappa shape index (κ1) is 20.7. The quantitative estimate of drug-likeness (QED) is 0.491. The Morgan fingerprint density at radius 3 is 2.64 bits per heavy atom. The predicted molar refractivity (Wildman–Crippen MR) is 115 cm³/mol. The lowest BCUT2D eigenvalue weighted by atomic mass is 10.1. The Kier molecular flexibility index (Phi) is 7.02. The van der Waals surface area contributed by atoms with E-state index < -0.39 is 10.0 Å². The fraction of sp³-hybridized carbons (Fsp3) is 0.524. The highest BCUT2D eigenvalue weighted by Gasteiger charge is 2.14. The van der Waals surface area contributed by atoms with Crippen LogP contribution in [0.3, 0.4) is 0 Å². The molecule has 0 aliphatic carbocycles. The van der Waals surface area contributed by atoms with Gasteiger partial charge >= 0.3 is 0 Å². The molecule has 6 nitrogen and oxygen atoms in total. The summed E-state index contributed by atoms with van der Waals surface area (Å²) in [6, 6.07) is 8.18. The van der Waals surface area contributed by atoms with Gasteiger partial charge < -0.3 is 4.57 Å². The van der Waals surface area contributed by atoms with Gasteiger partial charge in [-0.2, -0.15) is 0 Å². The molecule has 0 radical (unpaired) electrons. The number of unbranched alkanes of at least 4 members (excludes halogenated alkanes) is 4. The van der Waals surface area contributed by atoms with Crippen LogP contribution in [0.2, 0.25) is 0 Å². The van der Waals surface area contributed by atoms with Gasteiger partial charge in [0.15, 0.2) is 0 Å². The summed E-state index contributed by atoms with van der Waals surface area (Å²) in [4.78, 5) is 9.45. The molecule has 2 aromatic heterocycles. The minimum absolute atomic E-state index is 0.472. The minimum Gasteiger partial charge on any atom is -0.327 e. The van der Waals surface area contributed by atoms with Gasteiger partial charge in [-0.3, -0.25) is 4.98 Å². The molecule has 2 heterocycles. The first-order valence-electron chi connectivity index (χ1n) is 10.2. The number of benzene rings is 1. The molecule has 28 heavy (non-hydrogen) atoms. The number of nitrogens with zero attached hydrogens (tertiary/aromatic N) is 3. The molecular weight excluding hydrogens is 372 g/mol. The fourth-order valence-corrected chi connectivity index (χ4v) is 4.12. The van der Waals surface area contributed by atoms with E-state index in [2.05, 4.69) is 27.3 Å². The van der Waals surface area contributed by atoms with Crippen molar-refractivity contribution in [2.45, 2.75) is 58.4 Å². The Hall–Kier alpha value is -1.99. The van der Waals surface area contributed by atoms with Crippen LogP contribution < -0.4 is 4.72 Å². The number of nitrogens with one attached hydrogen (secondary N) is 1. The molecule has 0 bridgehead atoms. The van der Waals surface area contributed by atoms with Crippen molar-refractivity contribution in [1.82, 2.24) is 19.3 Å². The lowest BCUT2D eigenvalue weighted by Gasteiger charge is -2.11. The normalized spacial score (nSPS) is 12.2. The van der Waals surface area contributed by atoms with E-state index in [4.69, 9.17) is 4.98 Å². The third kappa shape index (κ3) is 5.29. The monoisotopic (exact) mass is 402 g/mol. The van der Waals surface area contributed by atoms with E-state index in [1.807, 2.05) is 24.4 Å². The largest absolute Gasteiger partial charge is 0.327 e. The zero-order valence-corrected chi connectivity index (χ0v) is 17.6. The van der Waals surface area contributed by atoms with E-state index in [1.54, 1.807) is 0 Å². The van der Waals surface area contributed by atoms with E-state index in [-0.39, 0.29) is 0 Å². The summed E-state index contributed by atoms with van der Waals surface area (Å²) in [5.41, 5.74) is 3.07. The van der Waals surface area contributed by atoms with Crippen LogP contribution in [0.4, 0.5) is 0 Å². The summed E-state index contributed by atoms with van der Waals surface area (Å²) < 4.78 is 27.4. The molecule has 0 fully saturated rings. The van der Waals surface area contributed by atoms with Crippen LogP contribution in [-0.4, -0.2) is 35.8 Å². The van der Waals surface area contributed by atoms with Crippen LogP contribution in [0.5, 0.6) is 0 Å². The Balaban J connectivity index is 1.83. The molecule has 0 saturated carbocycles. The standard InChI is InChI=1S/C21H30N4O2S/c1-3-4-5-6-13-20-24-19-16-22-18-12-8-7-11-17(18)21(19)25(20)15-10-9-14-23-28(2,26)27/h7-8,11-12,16,23H,3-6,9-10,13-15H2,1-2H3. The second-order valence-electron chi connectivity index (χ2n) is 7.37. The Bertz CT molecular complexity index is 1030. The van der Waals surface area contributed by atoms with Crippen LogP contribution >= 0.6 is 0 Å². The average Bonchev–Trinajstić information content (AvgIpc) is 3.02. The fourth-order valence-electron chi connectivity index (χ4n) is 3.60. The number of rotatable bonds is 11. The van der Waals surface area contributed by atoms with Crippen LogP contribution in [0.15, 0.2) is 30.5 Å². The topological polar surface area (TPSA) is 76.9 Å². The molecule has 0 saturated heterocycles. The summed E-state index contributed by atoms with van der Waals surface area (Å²) in [6.07, 6.45) is 10.6. The van der Waals surface area contributed by atoms with Gasteiger partial charge in [-0.1, -0.05) is 44.4 Å². The van der Waals surface area contributed by atoms with E-state index >= 15 is 0 Å². The van der Waals surface area contributed by atoms with Crippen molar-refractivity contribution in [3.05, 3.63) is 36.3 Å². The average molecular weight is 403 g/mol. The number of aromatic nitrogens is 3. The predicted octanol–water partition coefficient (Wildman–Crippen LogP) is 4.04. The second-order valence-corrected chi connectivity index (χ2v) is 9.21. The summed E-state index contributed by atoms with van der Waals surface area (Å²) in [6.45, 7) is 3.52. The molecule has 0 amide bonds. The van der Waals surface area contributed by atoms with Crippen LogP contribution in [0, 0.1) is 0 Å². The first-order chi connectivity index (χ1) is 13.5. The maximum atomic E-state index is 11.2. The third-order valence-electron chi connectivity index (χ3n) is 4.99. The van der Waals surface area contributed by atoms with Crippen molar-refractivity contribution in [2.24, 2.45) is 0 Å². The minimum atomic E-state index is -3.12. The number of sulfonamides is 1. The highest BCUT2D eigenvalue weighted by Crippen LogP contribution is 2.26. The maximum Gasteiger partial charge on any atom is 0.208 e. The SMILES string of the molecule is CCCCCCc1nc2cnc3ccccc3c2n1CCCCNS(C)(=O)=O. The number of aryl methyl sites for hydroxylation is 2. The molecule has 0 atom stereocenters. The summed E-state index contributed by atoms with van der Waals surface area (Å²) in [5, 5.41) is 1.13. The zero-order valence-electron chi connectivity index (χ0n) is 16.8.